The van der Waals surface area contributed by atoms with Gasteiger partial charge in [-0.05, 0) is 66.2 Å². The Labute approximate surface area is 264 Å². The zero-order valence-corrected chi connectivity index (χ0v) is 25.5. The van der Waals surface area contributed by atoms with Gasteiger partial charge in [0.25, 0.3) is 0 Å². The van der Waals surface area contributed by atoms with Crippen LogP contribution < -0.4 is 15.4 Å². The summed E-state index contributed by atoms with van der Waals surface area (Å²) >= 11 is 1.56. The second kappa shape index (κ2) is 14.1. The number of alkyl carbamates (subject to hydrolysis) is 1. The van der Waals surface area contributed by atoms with Gasteiger partial charge in [0.2, 0.25) is 5.91 Å². The summed E-state index contributed by atoms with van der Waals surface area (Å²) < 4.78 is 31.9. The van der Waals surface area contributed by atoms with Crippen LogP contribution in [0.1, 0.15) is 17.5 Å². The van der Waals surface area contributed by atoms with Crippen LogP contribution in [0.5, 0.6) is 5.75 Å². The Morgan fingerprint density at radius 3 is 2.84 bits per heavy atom. The minimum atomic E-state index is -0.576. The first-order valence-corrected chi connectivity index (χ1v) is 15.8. The zero-order valence-electron chi connectivity index (χ0n) is 24.7. The van der Waals surface area contributed by atoms with Crippen LogP contribution in [-0.2, 0) is 27.2 Å². The second-order valence-corrected chi connectivity index (χ2v) is 11.7. The lowest BCUT2D eigenvalue weighted by Gasteiger charge is -2.39. The molecule has 1 atom stereocenters. The van der Waals surface area contributed by atoms with Crippen LogP contribution in [0, 0.1) is 5.82 Å². The third-order valence-electron chi connectivity index (χ3n) is 7.96. The van der Waals surface area contributed by atoms with Gasteiger partial charge >= 0.3 is 6.09 Å². The first-order chi connectivity index (χ1) is 22.0. The summed E-state index contributed by atoms with van der Waals surface area (Å²) in [5.41, 5.74) is 5.75. The highest BCUT2D eigenvalue weighted by molar-refractivity contribution is 7.17. The van der Waals surface area contributed by atoms with Crippen molar-refractivity contribution in [1.29, 1.82) is 0 Å². The number of carbonyl (C=O) groups is 2. The van der Waals surface area contributed by atoms with Crippen molar-refractivity contribution in [2.75, 3.05) is 46.1 Å². The Kier molecular flexibility index (Phi) is 9.63. The van der Waals surface area contributed by atoms with Crippen molar-refractivity contribution in [2.45, 2.75) is 25.4 Å². The molecule has 2 N–H and O–H groups in total. The van der Waals surface area contributed by atoms with Crippen molar-refractivity contribution >= 4 is 33.4 Å². The van der Waals surface area contributed by atoms with Gasteiger partial charge in [0, 0.05) is 42.2 Å². The molecule has 6 rings (SSSR count). The molecule has 0 aliphatic carbocycles. The quantitative estimate of drug-likeness (QED) is 0.171. The van der Waals surface area contributed by atoms with Crippen molar-refractivity contribution in [2.24, 2.45) is 0 Å². The fourth-order valence-corrected chi connectivity index (χ4v) is 6.38. The van der Waals surface area contributed by atoms with Gasteiger partial charge in [-0.2, -0.15) is 0 Å². The highest BCUT2D eigenvalue weighted by Gasteiger charge is 2.31. The Bertz CT molecular complexity index is 1710. The van der Waals surface area contributed by atoms with Crippen molar-refractivity contribution < 1.29 is 28.2 Å². The molecule has 0 saturated carbocycles. The van der Waals surface area contributed by atoms with E-state index in [2.05, 4.69) is 45.6 Å². The highest BCUT2D eigenvalue weighted by atomic mass is 32.1. The molecule has 10 nitrogen and oxygen atoms in total. The van der Waals surface area contributed by atoms with Crippen LogP contribution in [0.4, 0.5) is 9.18 Å². The van der Waals surface area contributed by atoms with Crippen LogP contribution in [-0.4, -0.2) is 79.2 Å². The molecule has 2 aromatic heterocycles. The first-order valence-electron chi connectivity index (χ1n) is 14.9. The molecule has 1 unspecified atom stereocenters. The van der Waals surface area contributed by atoms with Gasteiger partial charge in [0.05, 0.1) is 24.0 Å². The fourth-order valence-electron chi connectivity index (χ4n) is 5.49. The standard InChI is InChI=1S/C33H34FN5O5S/c1-2-29(40)39-12-8-25(39)20-44-33(41)36-11-13-42-14-15-43-28-18-24(34)5-6-26(28)31-32-27(9-16-45-32)30(37-38-31)22-3-4-23-19-35-10-7-21(23)17-22/h2-6,9,16-18,25,35H,1,7-8,10-15,19-20H2,(H,36,41). The number of benzene rings is 2. The maximum atomic E-state index is 14.3. The molecule has 2 aromatic carbocycles. The normalized spacial score (nSPS) is 15.7. The molecule has 0 radical (unpaired) electrons. The molecular weight excluding hydrogens is 597 g/mol. The predicted molar refractivity (Wildman–Crippen MR) is 170 cm³/mol. The van der Waals surface area contributed by atoms with E-state index < -0.39 is 11.9 Å². The Morgan fingerprint density at radius 1 is 1.11 bits per heavy atom. The number of nitrogens with zero attached hydrogens (tertiary/aromatic N) is 3. The number of ether oxygens (including phenoxy) is 3. The van der Waals surface area contributed by atoms with Crippen molar-refractivity contribution in [3.05, 3.63) is 77.4 Å². The third kappa shape index (κ3) is 6.98. The lowest BCUT2D eigenvalue weighted by atomic mass is 9.96. The van der Waals surface area contributed by atoms with Crippen LogP contribution in [0.3, 0.4) is 0 Å². The Morgan fingerprint density at radius 2 is 2.00 bits per heavy atom. The summed E-state index contributed by atoms with van der Waals surface area (Å²) in [4.78, 5) is 25.3. The summed E-state index contributed by atoms with van der Waals surface area (Å²) in [6.07, 6.45) is 2.44. The minimum absolute atomic E-state index is 0.116. The molecule has 2 aliphatic heterocycles. The van der Waals surface area contributed by atoms with Gasteiger partial charge in [-0.3, -0.25) is 4.79 Å². The van der Waals surface area contributed by atoms with Gasteiger partial charge in [-0.1, -0.05) is 18.7 Å². The van der Waals surface area contributed by atoms with E-state index >= 15 is 0 Å². The molecule has 2 aliphatic rings. The molecule has 0 bridgehead atoms. The van der Waals surface area contributed by atoms with E-state index in [0.717, 1.165) is 47.3 Å². The number of aromatic nitrogens is 2. The Balaban J connectivity index is 1.02. The Hall–Kier alpha value is -4.39. The zero-order chi connectivity index (χ0) is 31.2. The van der Waals surface area contributed by atoms with Crippen LogP contribution in [0.15, 0.2) is 60.5 Å². The average molecular weight is 632 g/mol. The highest BCUT2D eigenvalue weighted by Crippen LogP contribution is 2.39. The van der Waals surface area contributed by atoms with E-state index in [-0.39, 0.29) is 44.9 Å². The number of halogens is 1. The summed E-state index contributed by atoms with van der Waals surface area (Å²) in [6.45, 7) is 6.94. The van der Waals surface area contributed by atoms with E-state index in [1.54, 1.807) is 22.3 Å². The molecule has 4 heterocycles. The van der Waals surface area contributed by atoms with Gasteiger partial charge in [0.15, 0.2) is 0 Å². The third-order valence-corrected chi connectivity index (χ3v) is 8.88. The lowest BCUT2D eigenvalue weighted by Crippen LogP contribution is -2.53. The molecule has 2 amide bonds. The molecular formula is C33H34FN5O5S. The van der Waals surface area contributed by atoms with Gasteiger partial charge in [0.1, 0.15) is 36.2 Å². The molecule has 234 valence electrons. The van der Waals surface area contributed by atoms with Gasteiger partial charge in [-0.25, -0.2) is 9.18 Å². The number of fused-ring (bicyclic) bond motifs is 2. The van der Waals surface area contributed by atoms with Crippen LogP contribution in [0.2, 0.25) is 0 Å². The lowest BCUT2D eigenvalue weighted by molar-refractivity contribution is -0.134. The number of hydrogen-bond acceptors (Lipinski definition) is 9. The number of thiophene rings is 1. The molecule has 12 heteroatoms. The number of rotatable bonds is 12. The van der Waals surface area contributed by atoms with Crippen LogP contribution >= 0.6 is 11.3 Å². The first kappa shape index (κ1) is 30.6. The summed E-state index contributed by atoms with van der Waals surface area (Å²) in [5, 5.41) is 18.3. The number of carbonyl (C=O) groups excluding carboxylic acids is 2. The SMILES string of the molecule is C=CC(=O)N1CCC1COC(=O)NCCOCCOc1cc(F)ccc1-c1nnc(-c2ccc3c(c2)CCNC3)c2ccsc12. The molecule has 0 spiro atoms. The van der Waals surface area contributed by atoms with E-state index in [9.17, 15) is 14.0 Å². The van der Waals surface area contributed by atoms with Crippen LogP contribution in [0.25, 0.3) is 32.6 Å². The van der Waals surface area contributed by atoms with Gasteiger partial charge < -0.3 is 29.7 Å². The molecule has 1 fully saturated rings. The van der Waals surface area contributed by atoms with Crippen molar-refractivity contribution in [3.63, 3.8) is 0 Å². The molecule has 4 aromatic rings. The maximum absolute atomic E-state index is 14.3. The number of likely N-dealkylation sites (tertiary alicyclic amines) is 1. The smallest absolute Gasteiger partial charge is 0.407 e. The second-order valence-electron chi connectivity index (χ2n) is 10.8. The van der Waals surface area contributed by atoms with E-state index in [1.807, 2.05) is 11.4 Å². The maximum Gasteiger partial charge on any atom is 0.407 e. The molecule has 45 heavy (non-hydrogen) atoms. The number of hydrogen-bond donors (Lipinski definition) is 2. The topological polar surface area (TPSA) is 115 Å². The van der Waals surface area contributed by atoms with E-state index in [1.165, 1.54) is 29.3 Å². The van der Waals surface area contributed by atoms with Crippen molar-refractivity contribution in [3.8, 4) is 28.3 Å². The molecule has 1 saturated heterocycles. The summed E-state index contributed by atoms with van der Waals surface area (Å²) in [6, 6.07) is 12.8. The average Bonchev–Trinajstić information content (AvgIpc) is 3.54. The summed E-state index contributed by atoms with van der Waals surface area (Å²) in [5.74, 6) is -0.244. The minimum Gasteiger partial charge on any atom is -0.490 e. The van der Waals surface area contributed by atoms with Crippen molar-refractivity contribution in [1.82, 2.24) is 25.7 Å². The summed E-state index contributed by atoms with van der Waals surface area (Å²) in [7, 11) is 0. The monoisotopic (exact) mass is 631 g/mol. The van der Waals surface area contributed by atoms with Gasteiger partial charge in [-0.15, -0.1) is 21.5 Å². The fraction of sp³-hybridized carbons (Fsp3) is 0.333. The number of nitrogens with one attached hydrogen (secondary N) is 2. The predicted octanol–water partition coefficient (Wildman–Crippen LogP) is 4.72. The van der Waals surface area contributed by atoms with E-state index in [0.29, 0.717) is 23.6 Å². The van der Waals surface area contributed by atoms with E-state index in [4.69, 9.17) is 14.2 Å². The number of amides is 2. The largest absolute Gasteiger partial charge is 0.490 e.